The van der Waals surface area contributed by atoms with Crippen LogP contribution in [0.3, 0.4) is 0 Å². The molecule has 0 spiro atoms. The van der Waals surface area contributed by atoms with Crippen molar-refractivity contribution in [3.63, 3.8) is 0 Å². The lowest BCUT2D eigenvalue weighted by atomic mass is 10.1. The van der Waals surface area contributed by atoms with Crippen LogP contribution in [0.25, 0.3) is 5.69 Å². The van der Waals surface area contributed by atoms with Crippen molar-refractivity contribution < 1.29 is 9.13 Å². The summed E-state index contributed by atoms with van der Waals surface area (Å²) in [4.78, 5) is 8.73. The number of nitrogens with zero attached hydrogens (tertiary/aromatic N) is 3. The van der Waals surface area contributed by atoms with Crippen LogP contribution in [0.5, 0.6) is 5.75 Å². The van der Waals surface area contributed by atoms with Gasteiger partial charge in [0.2, 0.25) is 0 Å². The highest BCUT2D eigenvalue weighted by Crippen LogP contribution is 2.18. The number of nitrogens with one attached hydrogen (secondary N) is 2. The molecule has 3 rings (SSSR count). The first-order valence-corrected chi connectivity index (χ1v) is 10.0. The highest BCUT2D eigenvalue weighted by molar-refractivity contribution is 14.0. The first-order valence-electron chi connectivity index (χ1n) is 10.0. The van der Waals surface area contributed by atoms with E-state index in [4.69, 9.17) is 4.74 Å². The van der Waals surface area contributed by atoms with E-state index in [1.54, 1.807) is 30.1 Å². The average Bonchev–Trinajstić information content (AvgIpc) is 3.18. The molecule has 0 radical (unpaired) electrons. The second-order valence-electron chi connectivity index (χ2n) is 6.81. The van der Waals surface area contributed by atoms with Crippen molar-refractivity contribution in [2.24, 2.45) is 4.99 Å². The summed E-state index contributed by atoms with van der Waals surface area (Å²) in [5.41, 5.74) is 2.42. The number of hydrogen-bond donors (Lipinski definition) is 2. The third-order valence-electron chi connectivity index (χ3n) is 4.74. The first kappa shape index (κ1) is 24.6. The number of guanidine groups is 1. The molecule has 0 amide bonds. The molecule has 3 aromatic rings. The second kappa shape index (κ2) is 12.3. The lowest BCUT2D eigenvalue weighted by Gasteiger charge is -2.13. The molecule has 0 aliphatic heterocycles. The number of halogens is 2. The normalized spacial score (nSPS) is 11.0. The van der Waals surface area contributed by atoms with Gasteiger partial charge in [-0.05, 0) is 49.6 Å². The molecule has 0 aliphatic rings. The first-order chi connectivity index (χ1) is 14.6. The minimum Gasteiger partial charge on any atom is -0.496 e. The molecule has 1 heterocycles. The summed E-state index contributed by atoms with van der Waals surface area (Å²) in [6.07, 6.45) is 4.22. The number of ether oxygens (including phenoxy) is 1. The average molecular weight is 537 g/mol. The topological polar surface area (TPSA) is 63.5 Å². The highest BCUT2D eigenvalue weighted by Gasteiger charge is 2.08. The van der Waals surface area contributed by atoms with E-state index in [9.17, 15) is 4.39 Å². The van der Waals surface area contributed by atoms with Gasteiger partial charge in [-0.15, -0.1) is 24.0 Å². The fourth-order valence-electron chi connectivity index (χ4n) is 3.21. The monoisotopic (exact) mass is 537 g/mol. The molecule has 2 aromatic carbocycles. The van der Waals surface area contributed by atoms with Crippen LogP contribution in [0, 0.1) is 12.7 Å². The quantitative estimate of drug-likeness (QED) is 0.257. The van der Waals surface area contributed by atoms with Gasteiger partial charge in [0.05, 0.1) is 19.3 Å². The van der Waals surface area contributed by atoms with Gasteiger partial charge in [-0.2, -0.15) is 0 Å². The van der Waals surface area contributed by atoms with Gasteiger partial charge in [0, 0.05) is 25.5 Å². The fraction of sp³-hybridized carbons (Fsp3) is 0.304. The van der Waals surface area contributed by atoms with E-state index in [1.807, 2.05) is 38.1 Å². The van der Waals surface area contributed by atoms with Crippen molar-refractivity contribution in [1.82, 2.24) is 20.2 Å². The van der Waals surface area contributed by atoms with Crippen LogP contribution in [0.15, 0.2) is 59.9 Å². The summed E-state index contributed by atoms with van der Waals surface area (Å²) in [7, 11) is 1.68. The second-order valence-corrected chi connectivity index (χ2v) is 6.81. The number of aryl methyl sites for hydroxylation is 1. The predicted molar refractivity (Wildman–Crippen MR) is 133 cm³/mol. The maximum atomic E-state index is 14.6. The standard InChI is InChI=1S/C23H28FN5O.HI/c1-4-25-23(27-12-11-19-7-5-6-8-22(19)30-3)28-16-18-9-10-21(20(24)15-18)29-14-13-26-17(29)2;/h5-10,13-15H,4,11-12,16H2,1-3H3,(H2,25,27,28);1H. The predicted octanol–water partition coefficient (Wildman–Crippen LogP) is 4.24. The van der Waals surface area contributed by atoms with Crippen LogP contribution in [0.1, 0.15) is 23.9 Å². The molecule has 0 aliphatic carbocycles. The summed E-state index contributed by atoms with van der Waals surface area (Å²) < 4.78 is 21.7. The third-order valence-corrected chi connectivity index (χ3v) is 4.74. The number of para-hydroxylation sites is 1. The van der Waals surface area contributed by atoms with Crippen molar-refractivity contribution in [2.75, 3.05) is 20.2 Å². The Kier molecular flexibility index (Phi) is 9.77. The van der Waals surface area contributed by atoms with Crippen LogP contribution in [-0.2, 0) is 13.0 Å². The Morgan fingerprint density at radius 3 is 2.68 bits per heavy atom. The molecule has 1 aromatic heterocycles. The minimum absolute atomic E-state index is 0. The van der Waals surface area contributed by atoms with Gasteiger partial charge in [0.1, 0.15) is 17.4 Å². The largest absolute Gasteiger partial charge is 0.496 e. The van der Waals surface area contributed by atoms with Gasteiger partial charge < -0.3 is 19.9 Å². The van der Waals surface area contributed by atoms with Gasteiger partial charge >= 0.3 is 0 Å². The van der Waals surface area contributed by atoms with Crippen molar-refractivity contribution in [1.29, 1.82) is 0 Å². The molecule has 6 nitrogen and oxygen atoms in total. The zero-order chi connectivity index (χ0) is 21.3. The Bertz CT molecular complexity index is 1010. The van der Waals surface area contributed by atoms with Crippen LogP contribution in [0.2, 0.25) is 0 Å². The number of rotatable bonds is 8. The van der Waals surface area contributed by atoms with Gasteiger partial charge in [0.25, 0.3) is 0 Å². The molecule has 0 saturated carbocycles. The van der Waals surface area contributed by atoms with E-state index < -0.39 is 0 Å². The molecule has 0 atom stereocenters. The summed E-state index contributed by atoms with van der Waals surface area (Å²) in [6.45, 7) is 5.69. The number of hydrogen-bond acceptors (Lipinski definition) is 3. The van der Waals surface area contributed by atoms with Crippen LogP contribution < -0.4 is 15.4 Å². The molecule has 0 saturated heterocycles. The van der Waals surface area contributed by atoms with Crippen molar-refractivity contribution in [2.45, 2.75) is 26.8 Å². The smallest absolute Gasteiger partial charge is 0.191 e. The molecule has 0 fully saturated rings. The van der Waals surface area contributed by atoms with Gasteiger partial charge in [-0.3, -0.25) is 0 Å². The Hall–Kier alpha value is -2.62. The SMILES string of the molecule is CCNC(=NCc1ccc(-n2ccnc2C)c(F)c1)NCCc1ccccc1OC.I. The Morgan fingerprint density at radius 1 is 1.19 bits per heavy atom. The van der Waals surface area contributed by atoms with E-state index in [0.717, 1.165) is 35.7 Å². The Balaban J connectivity index is 0.00000341. The maximum Gasteiger partial charge on any atom is 0.191 e. The van der Waals surface area contributed by atoms with E-state index >= 15 is 0 Å². The lowest BCUT2D eigenvalue weighted by Crippen LogP contribution is -2.38. The molecule has 31 heavy (non-hydrogen) atoms. The van der Waals surface area contributed by atoms with E-state index in [1.165, 1.54) is 6.07 Å². The fourth-order valence-corrected chi connectivity index (χ4v) is 3.21. The van der Waals surface area contributed by atoms with Crippen molar-refractivity contribution >= 4 is 29.9 Å². The molecule has 2 N–H and O–H groups in total. The molecule has 166 valence electrons. The lowest BCUT2D eigenvalue weighted by molar-refractivity contribution is 0.409. The van der Waals surface area contributed by atoms with Crippen molar-refractivity contribution in [3.8, 4) is 11.4 Å². The number of imidazole rings is 1. The van der Waals surface area contributed by atoms with E-state index in [0.29, 0.717) is 24.7 Å². The van der Waals surface area contributed by atoms with Gasteiger partial charge in [-0.1, -0.05) is 24.3 Å². The number of aliphatic imine (C=N–C) groups is 1. The minimum atomic E-state index is -0.294. The van der Waals surface area contributed by atoms with E-state index in [2.05, 4.69) is 26.7 Å². The number of aromatic nitrogens is 2. The molecular weight excluding hydrogens is 508 g/mol. The summed E-state index contributed by atoms with van der Waals surface area (Å²) in [6, 6.07) is 13.1. The number of benzene rings is 2. The van der Waals surface area contributed by atoms with Crippen LogP contribution >= 0.6 is 24.0 Å². The summed E-state index contributed by atoms with van der Waals surface area (Å²) in [5.74, 6) is 2.03. The Morgan fingerprint density at radius 2 is 2.00 bits per heavy atom. The Labute approximate surface area is 200 Å². The number of methoxy groups -OCH3 is 1. The van der Waals surface area contributed by atoms with Crippen molar-refractivity contribution in [3.05, 3.63) is 77.6 Å². The maximum absolute atomic E-state index is 14.6. The zero-order valence-corrected chi connectivity index (χ0v) is 20.4. The van der Waals surface area contributed by atoms with Crippen LogP contribution in [0.4, 0.5) is 4.39 Å². The summed E-state index contributed by atoms with van der Waals surface area (Å²) >= 11 is 0. The van der Waals surface area contributed by atoms with Gasteiger partial charge in [-0.25, -0.2) is 14.4 Å². The van der Waals surface area contributed by atoms with Gasteiger partial charge in [0.15, 0.2) is 5.96 Å². The van der Waals surface area contributed by atoms with Crippen LogP contribution in [-0.4, -0.2) is 35.7 Å². The molecule has 8 heteroatoms. The van der Waals surface area contributed by atoms with E-state index in [-0.39, 0.29) is 29.8 Å². The molecule has 0 bridgehead atoms. The zero-order valence-electron chi connectivity index (χ0n) is 18.1. The molecule has 0 unspecified atom stereocenters. The third kappa shape index (κ3) is 6.68. The summed E-state index contributed by atoms with van der Waals surface area (Å²) in [5, 5.41) is 6.55. The molecular formula is C23H29FIN5O. The highest BCUT2D eigenvalue weighted by atomic mass is 127.